The van der Waals surface area contributed by atoms with E-state index >= 15 is 0 Å². The Morgan fingerprint density at radius 1 is 0.871 bits per heavy atom. The molecule has 1 N–H and O–H groups in total. The van der Waals surface area contributed by atoms with Crippen molar-refractivity contribution >= 4 is 58.2 Å². The Bertz CT molecular complexity index is 1180. The molecule has 1 fully saturated rings. The van der Waals surface area contributed by atoms with Crippen LogP contribution in [0.15, 0.2) is 82.9 Å². The highest BCUT2D eigenvalue weighted by atomic mass is 35.5. The number of rotatable bonds is 4. The summed E-state index contributed by atoms with van der Waals surface area (Å²) in [5.41, 5.74) is 4.66. The van der Waals surface area contributed by atoms with Crippen molar-refractivity contribution in [3.05, 3.63) is 94.5 Å². The number of benzene rings is 3. The number of hydrogen-bond acceptors (Lipinski definition) is 4. The van der Waals surface area contributed by atoms with E-state index in [0.717, 1.165) is 28.1 Å². The summed E-state index contributed by atoms with van der Waals surface area (Å²) in [6.07, 6.45) is 1.66. The van der Waals surface area contributed by atoms with E-state index in [1.165, 1.54) is 5.01 Å². The van der Waals surface area contributed by atoms with Crippen LogP contribution in [0, 0.1) is 19.3 Å². The molecular weight excluding hydrogens is 426 g/mol. The maximum Gasteiger partial charge on any atom is 0.231 e. The van der Waals surface area contributed by atoms with Crippen LogP contribution in [0.4, 0.5) is 11.4 Å². The first-order valence-electron chi connectivity index (χ1n) is 9.67. The summed E-state index contributed by atoms with van der Waals surface area (Å²) in [5.74, 6) is 0.541. The molecule has 1 heterocycles. The Kier molecular flexibility index (Phi) is 5.93. The van der Waals surface area contributed by atoms with Gasteiger partial charge in [-0.05, 0) is 55.8 Å². The fourth-order valence-corrected chi connectivity index (χ4v) is 3.48. The van der Waals surface area contributed by atoms with Gasteiger partial charge in [0.2, 0.25) is 5.96 Å². The van der Waals surface area contributed by atoms with E-state index in [-0.39, 0.29) is 5.96 Å². The minimum atomic E-state index is 0.116. The number of anilines is 1. The number of thiocarbonyl (C=S) groups is 1. The van der Waals surface area contributed by atoms with Crippen molar-refractivity contribution in [1.82, 2.24) is 5.01 Å². The van der Waals surface area contributed by atoms with Crippen LogP contribution in [-0.2, 0) is 0 Å². The van der Waals surface area contributed by atoms with Crippen molar-refractivity contribution in [2.75, 3.05) is 4.90 Å². The second-order valence-electron chi connectivity index (χ2n) is 7.18. The van der Waals surface area contributed by atoms with Gasteiger partial charge < -0.3 is 0 Å². The molecule has 4 rings (SSSR count). The average molecular weight is 446 g/mol. The van der Waals surface area contributed by atoms with E-state index in [4.69, 9.17) is 34.2 Å². The summed E-state index contributed by atoms with van der Waals surface area (Å²) < 4.78 is 0. The average Bonchev–Trinajstić information content (AvgIpc) is 2.99. The van der Waals surface area contributed by atoms with Gasteiger partial charge in [-0.3, -0.25) is 10.3 Å². The molecule has 1 aliphatic heterocycles. The van der Waals surface area contributed by atoms with Gasteiger partial charge in [0.15, 0.2) is 10.8 Å². The molecule has 154 valence electrons. The standard InChI is InChI=1S/C24H20ClN5S/c1-16-3-11-20(12-4-16)28-22-23(31)29(21-13-5-17(2)6-14-21)24(26)30(22)27-15-18-7-9-19(25)10-8-18/h3-15,26H,1-2H3/b26-24?,27-15+,28-22?. The van der Waals surface area contributed by atoms with Crippen molar-refractivity contribution in [1.29, 1.82) is 5.41 Å². The van der Waals surface area contributed by atoms with Crippen LogP contribution in [0.1, 0.15) is 16.7 Å². The summed E-state index contributed by atoms with van der Waals surface area (Å²) in [5, 5.41) is 15.4. The number of nitrogens with one attached hydrogen (secondary N) is 1. The number of aliphatic imine (C=N–C) groups is 1. The molecule has 0 amide bonds. The smallest absolute Gasteiger partial charge is 0.231 e. The number of guanidine groups is 1. The molecule has 3 aromatic carbocycles. The van der Waals surface area contributed by atoms with Crippen molar-refractivity contribution < 1.29 is 0 Å². The van der Waals surface area contributed by atoms with Crippen molar-refractivity contribution in [2.45, 2.75) is 13.8 Å². The van der Waals surface area contributed by atoms with Gasteiger partial charge in [-0.1, -0.05) is 71.3 Å². The quantitative estimate of drug-likeness (QED) is 0.389. The van der Waals surface area contributed by atoms with E-state index in [9.17, 15) is 0 Å². The maximum absolute atomic E-state index is 8.76. The van der Waals surface area contributed by atoms with Crippen LogP contribution < -0.4 is 4.90 Å². The SMILES string of the molecule is Cc1ccc(N=C2C(=S)N(c3ccc(C)cc3)C(=N)N2/N=C/c2ccc(Cl)cc2)cc1. The second-order valence-corrected chi connectivity index (χ2v) is 8.00. The lowest BCUT2D eigenvalue weighted by Gasteiger charge is -2.17. The highest BCUT2D eigenvalue weighted by Gasteiger charge is 2.38. The maximum atomic E-state index is 8.76. The van der Waals surface area contributed by atoms with Crippen LogP contribution in [0.2, 0.25) is 5.02 Å². The van der Waals surface area contributed by atoms with Gasteiger partial charge in [0.25, 0.3) is 0 Å². The van der Waals surface area contributed by atoms with E-state index in [2.05, 4.69) is 5.10 Å². The van der Waals surface area contributed by atoms with Crippen molar-refractivity contribution in [3.63, 3.8) is 0 Å². The number of nitrogens with zero attached hydrogens (tertiary/aromatic N) is 4. The highest BCUT2D eigenvalue weighted by molar-refractivity contribution is 7.82. The van der Waals surface area contributed by atoms with E-state index in [1.807, 2.05) is 74.5 Å². The van der Waals surface area contributed by atoms with Crippen LogP contribution in [0.3, 0.4) is 0 Å². The number of hydrazone groups is 1. The molecular formula is C24H20ClN5S. The van der Waals surface area contributed by atoms with Crippen LogP contribution in [-0.4, -0.2) is 28.0 Å². The molecule has 0 atom stereocenters. The van der Waals surface area contributed by atoms with E-state index in [1.54, 1.807) is 23.2 Å². The molecule has 7 heteroatoms. The Hall–Kier alpha value is -3.35. The summed E-state index contributed by atoms with van der Waals surface area (Å²) in [4.78, 5) is 6.80. The number of hydrogen-bond donors (Lipinski definition) is 1. The number of amidine groups is 1. The Balaban J connectivity index is 1.75. The van der Waals surface area contributed by atoms with Gasteiger partial charge in [0.1, 0.15) is 0 Å². The third-order valence-corrected chi connectivity index (χ3v) is 5.38. The Labute approximate surface area is 191 Å². The zero-order chi connectivity index (χ0) is 22.0. The molecule has 3 aromatic rings. The van der Waals surface area contributed by atoms with Crippen molar-refractivity contribution in [2.24, 2.45) is 10.1 Å². The first-order chi connectivity index (χ1) is 14.9. The molecule has 0 unspecified atom stereocenters. The third-order valence-electron chi connectivity index (χ3n) is 4.76. The Morgan fingerprint density at radius 3 is 2.06 bits per heavy atom. The first kappa shape index (κ1) is 20.9. The monoisotopic (exact) mass is 445 g/mol. The van der Waals surface area contributed by atoms with Crippen LogP contribution in [0.25, 0.3) is 0 Å². The van der Waals surface area contributed by atoms with E-state index in [0.29, 0.717) is 15.8 Å². The summed E-state index contributed by atoms with van der Waals surface area (Å²) in [6.45, 7) is 4.04. The minimum absolute atomic E-state index is 0.116. The predicted octanol–water partition coefficient (Wildman–Crippen LogP) is 6.11. The van der Waals surface area contributed by atoms with Gasteiger partial charge in [-0.25, -0.2) is 4.99 Å². The lowest BCUT2D eigenvalue weighted by Crippen LogP contribution is -2.31. The normalized spacial score (nSPS) is 15.5. The molecule has 0 bridgehead atoms. The fraction of sp³-hybridized carbons (Fsp3) is 0.0833. The molecule has 0 saturated carbocycles. The molecule has 1 aliphatic rings. The highest BCUT2D eigenvalue weighted by Crippen LogP contribution is 2.26. The summed E-state index contributed by atoms with van der Waals surface area (Å²) in [7, 11) is 0. The van der Waals surface area contributed by atoms with E-state index < -0.39 is 0 Å². The third kappa shape index (κ3) is 4.55. The topological polar surface area (TPSA) is 55.1 Å². The summed E-state index contributed by atoms with van der Waals surface area (Å²) in [6, 6.07) is 23.0. The number of halogens is 1. The number of aryl methyl sites for hydroxylation is 2. The molecule has 0 radical (unpaired) electrons. The lowest BCUT2D eigenvalue weighted by atomic mass is 10.2. The lowest BCUT2D eigenvalue weighted by molar-refractivity contribution is 0.671. The Morgan fingerprint density at radius 2 is 1.45 bits per heavy atom. The van der Waals surface area contributed by atoms with Gasteiger partial charge in [-0.15, -0.1) is 0 Å². The first-order valence-corrected chi connectivity index (χ1v) is 10.5. The molecule has 1 saturated heterocycles. The van der Waals surface area contributed by atoms with Gasteiger partial charge in [0, 0.05) is 5.02 Å². The zero-order valence-electron chi connectivity index (χ0n) is 17.1. The van der Waals surface area contributed by atoms with Gasteiger partial charge >= 0.3 is 0 Å². The van der Waals surface area contributed by atoms with Gasteiger partial charge in [0.05, 0.1) is 17.6 Å². The van der Waals surface area contributed by atoms with Crippen LogP contribution in [0.5, 0.6) is 0 Å². The minimum Gasteiger partial charge on any atom is -0.267 e. The second kappa shape index (κ2) is 8.79. The zero-order valence-corrected chi connectivity index (χ0v) is 18.7. The van der Waals surface area contributed by atoms with Gasteiger partial charge in [-0.2, -0.15) is 10.1 Å². The predicted molar refractivity (Wildman–Crippen MR) is 133 cm³/mol. The molecule has 0 aromatic heterocycles. The molecule has 0 aliphatic carbocycles. The fourth-order valence-electron chi connectivity index (χ4n) is 3.03. The summed E-state index contributed by atoms with van der Waals surface area (Å²) >= 11 is 11.7. The van der Waals surface area contributed by atoms with Crippen LogP contribution >= 0.6 is 23.8 Å². The van der Waals surface area contributed by atoms with Crippen molar-refractivity contribution in [3.8, 4) is 0 Å². The molecule has 0 spiro atoms. The largest absolute Gasteiger partial charge is 0.267 e. The molecule has 31 heavy (non-hydrogen) atoms. The molecule has 5 nitrogen and oxygen atoms in total.